The molecular weight excluding hydrogens is 789 g/mol. The van der Waals surface area contributed by atoms with Crippen LogP contribution < -0.4 is 30.2 Å². The number of ether oxygens (including phenoxy) is 4. The molecule has 3 heterocycles. The van der Waals surface area contributed by atoms with Gasteiger partial charge in [-0.1, -0.05) is 32.0 Å². The molecule has 4 aromatic carbocycles. The number of H-pyrrole nitrogens is 1. The van der Waals surface area contributed by atoms with Crippen molar-refractivity contribution in [2.45, 2.75) is 88.6 Å². The minimum absolute atomic E-state index is 0.00302. The van der Waals surface area contributed by atoms with Crippen LogP contribution in [0.2, 0.25) is 0 Å². The maximum atomic E-state index is 11.1. The van der Waals surface area contributed by atoms with E-state index in [1.807, 2.05) is 38.4 Å². The zero-order valence-corrected chi connectivity index (χ0v) is 36.2. The zero-order valence-electron chi connectivity index (χ0n) is 36.2. The van der Waals surface area contributed by atoms with E-state index in [1.165, 1.54) is 5.56 Å². The molecule has 13 nitrogen and oxygen atoms in total. The first-order valence-corrected chi connectivity index (χ1v) is 22.0. The van der Waals surface area contributed by atoms with E-state index in [1.54, 1.807) is 18.2 Å². The third-order valence-corrected chi connectivity index (χ3v) is 12.6. The molecule has 0 spiro atoms. The Labute approximate surface area is 363 Å². The Morgan fingerprint density at radius 1 is 0.968 bits per heavy atom. The van der Waals surface area contributed by atoms with Gasteiger partial charge in [0.15, 0.2) is 17.6 Å². The summed E-state index contributed by atoms with van der Waals surface area (Å²) in [5, 5.41) is 64.2. The molecule has 5 atom stereocenters. The first-order chi connectivity index (χ1) is 29.9. The molecule has 8 rings (SSSR count). The summed E-state index contributed by atoms with van der Waals surface area (Å²) < 4.78 is 26.9. The summed E-state index contributed by atoms with van der Waals surface area (Å²) in [6.45, 7) is 7.04. The lowest BCUT2D eigenvalue weighted by atomic mass is 9.70. The molecule has 0 saturated carbocycles. The summed E-state index contributed by atoms with van der Waals surface area (Å²) in [7, 11) is 1.84. The average molecular weight is 851 g/mol. The largest absolute Gasteiger partial charge is 0.508 e. The van der Waals surface area contributed by atoms with Crippen LogP contribution in [0.3, 0.4) is 0 Å². The van der Waals surface area contributed by atoms with Crippen LogP contribution in [0, 0.1) is 5.92 Å². The number of aromatic hydroxyl groups is 2. The normalized spacial score (nSPS) is 21.3. The molecule has 3 aliphatic rings. The molecule has 1 aliphatic carbocycles. The van der Waals surface area contributed by atoms with E-state index in [2.05, 4.69) is 59.0 Å². The molecule has 0 amide bonds. The van der Waals surface area contributed by atoms with Gasteiger partial charge in [-0.2, -0.15) is 0 Å². The van der Waals surface area contributed by atoms with Crippen LogP contribution in [0.25, 0.3) is 22.0 Å². The highest BCUT2D eigenvalue weighted by atomic mass is 16.6. The lowest BCUT2D eigenvalue weighted by Gasteiger charge is -2.47. The van der Waals surface area contributed by atoms with E-state index in [-0.39, 0.29) is 49.7 Å². The zero-order chi connectivity index (χ0) is 43.6. The fraction of sp³-hybridized carbons (Fsp3) is 0.469. The summed E-state index contributed by atoms with van der Waals surface area (Å²) in [4.78, 5) is 3.30. The first kappa shape index (κ1) is 43.8. The number of aromatic amines is 1. The van der Waals surface area contributed by atoms with Crippen LogP contribution in [0.4, 0.5) is 0 Å². The Kier molecular flexibility index (Phi) is 13.0. The maximum absolute atomic E-state index is 11.1. The van der Waals surface area contributed by atoms with Crippen LogP contribution in [-0.4, -0.2) is 101 Å². The Hall–Kier alpha value is -4.86. The van der Waals surface area contributed by atoms with Crippen LogP contribution in [-0.2, 0) is 30.4 Å². The highest BCUT2D eigenvalue weighted by molar-refractivity contribution is 5.85. The highest BCUT2D eigenvalue weighted by Crippen LogP contribution is 2.57. The van der Waals surface area contributed by atoms with Crippen LogP contribution >= 0.6 is 0 Å². The number of phenols is 2. The van der Waals surface area contributed by atoms with Gasteiger partial charge >= 0.3 is 0 Å². The van der Waals surface area contributed by atoms with Gasteiger partial charge in [-0.15, -0.1) is 0 Å². The van der Waals surface area contributed by atoms with Gasteiger partial charge in [-0.25, -0.2) is 0 Å². The van der Waals surface area contributed by atoms with E-state index in [9.17, 15) is 25.5 Å². The van der Waals surface area contributed by atoms with Crippen molar-refractivity contribution < 1.29 is 44.5 Å². The first-order valence-electron chi connectivity index (χ1n) is 22.0. The molecular formula is C49H62N4O9. The Morgan fingerprint density at radius 3 is 2.61 bits per heavy atom. The number of hydrogen-bond acceptors (Lipinski definition) is 12. The van der Waals surface area contributed by atoms with Crippen molar-refractivity contribution >= 4 is 10.9 Å². The Balaban J connectivity index is 1.26. The molecule has 332 valence electrons. The number of aromatic nitrogens is 1. The van der Waals surface area contributed by atoms with Gasteiger partial charge < -0.3 is 60.1 Å². The number of rotatable bonds is 18. The molecule has 62 heavy (non-hydrogen) atoms. The minimum atomic E-state index is -1.03. The van der Waals surface area contributed by atoms with Crippen LogP contribution in [0.1, 0.15) is 79.0 Å². The van der Waals surface area contributed by atoms with Gasteiger partial charge in [0, 0.05) is 54.6 Å². The standard InChI is InChI=1S/C49H62N4O9/c1-29(2)22-48(3,58)25-51-27-52-26-49(60-28-50-4)23-40-39-19-33(18-30-5-11-41-31(17-30)13-14-53-41)38-21-34(56)7-9-36(38)44(39)46-37(10-8-35(24-55)61-46)45(40)62-47(49)32-6-12-42(57)43(20-32)59-16-15-54/h5-7,9,11-14,17,20-21,29,33,35,47,50-58H,8,10,15-16,18-19,22-28H2,1-4H3. The van der Waals surface area contributed by atoms with E-state index in [0.717, 1.165) is 56.5 Å². The van der Waals surface area contributed by atoms with E-state index in [0.29, 0.717) is 69.1 Å². The van der Waals surface area contributed by atoms with Crippen LogP contribution in [0.15, 0.2) is 66.9 Å². The number of hydrogen-bond donors (Lipinski definition) is 9. The molecule has 2 aliphatic heterocycles. The quantitative estimate of drug-likeness (QED) is 0.0386. The Bertz CT molecular complexity index is 2360. The van der Waals surface area contributed by atoms with Crippen molar-refractivity contribution in [1.82, 2.24) is 20.9 Å². The van der Waals surface area contributed by atoms with Gasteiger partial charge in [0.25, 0.3) is 0 Å². The smallest absolute Gasteiger partial charge is 0.161 e. The van der Waals surface area contributed by atoms with Crippen molar-refractivity contribution in [3.05, 3.63) is 100 Å². The third-order valence-electron chi connectivity index (χ3n) is 12.6. The number of aliphatic hydroxyl groups excluding tert-OH is 2. The third kappa shape index (κ3) is 8.98. The summed E-state index contributed by atoms with van der Waals surface area (Å²) in [6, 6.07) is 19.4. The lowest BCUT2D eigenvalue weighted by Crippen LogP contribution is -2.56. The van der Waals surface area contributed by atoms with Gasteiger partial charge in [0.05, 0.1) is 25.5 Å². The molecule has 5 aromatic rings. The molecule has 1 aromatic heterocycles. The number of benzene rings is 4. The minimum Gasteiger partial charge on any atom is -0.508 e. The fourth-order valence-corrected chi connectivity index (χ4v) is 10.0. The average Bonchev–Trinajstić information content (AvgIpc) is 3.73. The molecule has 0 saturated heterocycles. The Morgan fingerprint density at radius 2 is 1.82 bits per heavy atom. The van der Waals surface area contributed by atoms with Gasteiger partial charge in [0.1, 0.15) is 35.6 Å². The molecule has 0 fully saturated rings. The lowest BCUT2D eigenvalue weighted by molar-refractivity contribution is -0.129. The van der Waals surface area contributed by atoms with Crippen LogP contribution in [0.5, 0.6) is 28.7 Å². The molecule has 5 unspecified atom stereocenters. The number of phenolic OH excluding ortho intramolecular Hbond substituents is 2. The van der Waals surface area contributed by atoms with Gasteiger partial charge in [-0.05, 0) is 134 Å². The topological polar surface area (TPSA) is 190 Å². The highest BCUT2D eigenvalue weighted by Gasteiger charge is 2.50. The van der Waals surface area contributed by atoms with E-state index >= 15 is 0 Å². The summed E-state index contributed by atoms with van der Waals surface area (Å²) in [5.41, 5.74) is 7.06. The molecule has 9 N–H and O–H groups in total. The second-order valence-corrected chi connectivity index (χ2v) is 18.0. The van der Waals surface area contributed by atoms with Gasteiger partial charge in [-0.3, -0.25) is 5.32 Å². The second kappa shape index (κ2) is 18.5. The van der Waals surface area contributed by atoms with Gasteiger partial charge in [0.2, 0.25) is 0 Å². The molecule has 0 radical (unpaired) electrons. The summed E-state index contributed by atoms with van der Waals surface area (Å²) in [6.07, 6.45) is 4.51. The number of aliphatic hydroxyl groups is 3. The maximum Gasteiger partial charge on any atom is 0.161 e. The van der Waals surface area contributed by atoms with Crippen molar-refractivity contribution in [2.75, 3.05) is 53.4 Å². The second-order valence-electron chi connectivity index (χ2n) is 18.0. The van der Waals surface area contributed by atoms with E-state index < -0.39 is 23.4 Å². The monoisotopic (exact) mass is 850 g/mol. The molecule has 13 heteroatoms. The summed E-state index contributed by atoms with van der Waals surface area (Å²) in [5.74, 6) is 2.12. The van der Waals surface area contributed by atoms with Crippen molar-refractivity contribution in [3.63, 3.8) is 0 Å². The van der Waals surface area contributed by atoms with Crippen molar-refractivity contribution in [2.24, 2.45) is 5.92 Å². The fourth-order valence-electron chi connectivity index (χ4n) is 10.0. The predicted molar refractivity (Wildman–Crippen MR) is 238 cm³/mol. The predicted octanol–water partition coefficient (Wildman–Crippen LogP) is 5.73. The van der Waals surface area contributed by atoms with E-state index in [4.69, 9.17) is 18.9 Å². The van der Waals surface area contributed by atoms with Crippen molar-refractivity contribution in [3.8, 4) is 39.9 Å². The summed E-state index contributed by atoms with van der Waals surface area (Å²) >= 11 is 0. The number of nitrogens with one attached hydrogen (secondary N) is 4. The number of fused-ring (bicyclic) bond motifs is 9. The van der Waals surface area contributed by atoms with Crippen molar-refractivity contribution in [1.29, 1.82) is 0 Å². The molecule has 0 bridgehead atoms. The SMILES string of the molecule is CNCOC1(CNCNCC(C)(O)CC(C)C)Cc2c3c(c4c(c2OC1c1ccc(O)c(OCCO)c1)CCC(CO)O4)-c1ccc(O)cc1C(Cc1ccc2[nH]ccc2c1)C3.